The molecule has 2 bridgehead atoms. The van der Waals surface area contributed by atoms with Crippen molar-refractivity contribution in [2.24, 2.45) is 0 Å². The van der Waals surface area contributed by atoms with Crippen molar-refractivity contribution in [2.45, 2.75) is 0 Å². The molecule has 0 aliphatic carbocycles. The van der Waals surface area contributed by atoms with E-state index in [-0.39, 0.29) is 0 Å². The van der Waals surface area contributed by atoms with Crippen LogP contribution in [0.2, 0.25) is 0 Å². The minimum atomic E-state index is -3.17. The number of hydrogen-bond acceptors (Lipinski definition) is 5. The smallest absolute Gasteiger partial charge is 0.296 e. The highest BCUT2D eigenvalue weighted by atomic mass is 31.2. The first-order valence-corrected chi connectivity index (χ1v) is 5.51. The molecule has 0 radical (unpaired) electrons. The van der Waals surface area contributed by atoms with Crippen LogP contribution >= 0.6 is 7.82 Å². The summed E-state index contributed by atoms with van der Waals surface area (Å²) in [6.07, 6.45) is 0. The minimum Gasteiger partial charge on any atom is -0.296 e. The molecule has 0 atom stereocenters. The molecular formula is C6H12NO4P. The average Bonchev–Trinajstić information content (AvgIpc) is 1.93. The largest absolute Gasteiger partial charge is 0.474 e. The molecule has 3 saturated heterocycles. The fourth-order valence-corrected chi connectivity index (χ4v) is 2.43. The van der Waals surface area contributed by atoms with Gasteiger partial charge in [-0.3, -0.25) is 18.5 Å². The predicted molar refractivity (Wildman–Crippen MR) is 41.9 cm³/mol. The molecule has 0 spiro atoms. The van der Waals surface area contributed by atoms with E-state index in [1.807, 2.05) is 0 Å². The van der Waals surface area contributed by atoms with E-state index < -0.39 is 7.82 Å². The van der Waals surface area contributed by atoms with Crippen molar-refractivity contribution in [3.8, 4) is 0 Å². The quantitative estimate of drug-likeness (QED) is 0.523. The van der Waals surface area contributed by atoms with Crippen LogP contribution in [0, 0.1) is 0 Å². The molecule has 3 heterocycles. The van der Waals surface area contributed by atoms with Crippen molar-refractivity contribution in [3.05, 3.63) is 0 Å². The summed E-state index contributed by atoms with van der Waals surface area (Å²) in [6.45, 7) is 3.73. The first-order valence-electron chi connectivity index (χ1n) is 4.05. The van der Waals surface area contributed by atoms with Gasteiger partial charge in [0.1, 0.15) is 0 Å². The average molecular weight is 193 g/mol. The Morgan fingerprint density at radius 1 is 0.917 bits per heavy atom. The molecule has 6 heteroatoms. The molecular weight excluding hydrogens is 181 g/mol. The fraction of sp³-hybridized carbons (Fsp3) is 1.00. The maximum atomic E-state index is 11.5. The molecule has 0 unspecified atom stereocenters. The van der Waals surface area contributed by atoms with Gasteiger partial charge in [0.05, 0.1) is 19.8 Å². The Bertz CT molecular complexity index is 176. The molecule has 3 aliphatic heterocycles. The highest BCUT2D eigenvalue weighted by molar-refractivity contribution is 7.48. The van der Waals surface area contributed by atoms with Crippen molar-refractivity contribution in [1.82, 2.24) is 4.90 Å². The lowest BCUT2D eigenvalue weighted by Crippen LogP contribution is -2.37. The SMILES string of the molecule is O=P12OCCN(CCO1)CCO2. The number of phosphoric acid groups is 1. The second kappa shape index (κ2) is 3.44. The molecule has 0 aromatic rings. The zero-order valence-electron chi connectivity index (χ0n) is 6.77. The van der Waals surface area contributed by atoms with Crippen molar-refractivity contribution in [3.63, 3.8) is 0 Å². The Morgan fingerprint density at radius 3 is 1.75 bits per heavy atom. The lowest BCUT2D eigenvalue weighted by molar-refractivity contribution is 0.0340. The Balaban J connectivity index is 2.11. The van der Waals surface area contributed by atoms with Crippen LogP contribution in [0.1, 0.15) is 0 Å². The topological polar surface area (TPSA) is 48.0 Å². The van der Waals surface area contributed by atoms with E-state index in [0.717, 1.165) is 19.6 Å². The third-order valence-corrected chi connectivity index (χ3v) is 3.47. The maximum Gasteiger partial charge on any atom is 0.474 e. The molecule has 70 valence electrons. The van der Waals surface area contributed by atoms with Crippen molar-refractivity contribution in [1.29, 1.82) is 0 Å². The van der Waals surface area contributed by atoms with Crippen LogP contribution in [0.5, 0.6) is 0 Å². The van der Waals surface area contributed by atoms with Gasteiger partial charge >= 0.3 is 7.82 Å². The number of phosphoric ester groups is 1. The molecule has 0 aromatic heterocycles. The lowest BCUT2D eigenvalue weighted by Gasteiger charge is -2.31. The number of nitrogens with zero attached hydrogens (tertiary/aromatic N) is 1. The van der Waals surface area contributed by atoms with Crippen molar-refractivity contribution < 1.29 is 18.1 Å². The third-order valence-electron chi connectivity index (χ3n) is 1.97. The third kappa shape index (κ3) is 1.87. The van der Waals surface area contributed by atoms with Crippen LogP contribution in [0.15, 0.2) is 0 Å². The molecule has 0 saturated carbocycles. The Labute approximate surface area is 71.2 Å². The first kappa shape index (κ1) is 8.66. The fourth-order valence-electron chi connectivity index (χ4n) is 1.29. The molecule has 3 rings (SSSR count). The van der Waals surface area contributed by atoms with Gasteiger partial charge in [-0.1, -0.05) is 0 Å². The summed E-state index contributed by atoms with van der Waals surface area (Å²) >= 11 is 0. The summed E-state index contributed by atoms with van der Waals surface area (Å²) in [7, 11) is -3.17. The van der Waals surface area contributed by atoms with E-state index in [1.165, 1.54) is 0 Å². The van der Waals surface area contributed by atoms with E-state index in [2.05, 4.69) is 4.90 Å². The lowest BCUT2D eigenvalue weighted by atomic mass is 10.4. The minimum absolute atomic E-state index is 0.428. The van der Waals surface area contributed by atoms with Gasteiger partial charge in [0.25, 0.3) is 0 Å². The molecule has 3 fully saturated rings. The van der Waals surface area contributed by atoms with Crippen LogP contribution in [-0.4, -0.2) is 44.4 Å². The molecule has 12 heavy (non-hydrogen) atoms. The van der Waals surface area contributed by atoms with Crippen LogP contribution in [0.25, 0.3) is 0 Å². The summed E-state index contributed by atoms with van der Waals surface area (Å²) in [6, 6.07) is 0. The number of rotatable bonds is 0. The highest BCUT2D eigenvalue weighted by Gasteiger charge is 2.31. The van der Waals surface area contributed by atoms with Gasteiger partial charge in [0.15, 0.2) is 0 Å². The molecule has 5 nitrogen and oxygen atoms in total. The Kier molecular flexibility index (Phi) is 2.48. The van der Waals surface area contributed by atoms with Gasteiger partial charge in [-0.25, -0.2) is 4.57 Å². The van der Waals surface area contributed by atoms with Crippen LogP contribution in [-0.2, 0) is 18.1 Å². The van der Waals surface area contributed by atoms with Gasteiger partial charge in [0.2, 0.25) is 0 Å². The summed E-state index contributed by atoms with van der Waals surface area (Å²) in [4.78, 5) is 2.17. The normalized spacial score (nSPS) is 43.2. The van der Waals surface area contributed by atoms with Crippen LogP contribution in [0.4, 0.5) is 0 Å². The van der Waals surface area contributed by atoms with E-state index in [9.17, 15) is 4.57 Å². The summed E-state index contributed by atoms with van der Waals surface area (Å²) in [5.74, 6) is 0. The molecule has 0 N–H and O–H groups in total. The molecule has 0 amide bonds. The van der Waals surface area contributed by atoms with E-state index in [4.69, 9.17) is 13.6 Å². The summed E-state index contributed by atoms with van der Waals surface area (Å²) in [5.41, 5.74) is 0. The van der Waals surface area contributed by atoms with Gasteiger partial charge in [-0.05, 0) is 0 Å². The summed E-state index contributed by atoms with van der Waals surface area (Å²) < 4.78 is 26.6. The first-order chi connectivity index (χ1) is 5.79. The zero-order valence-corrected chi connectivity index (χ0v) is 7.66. The second-order valence-electron chi connectivity index (χ2n) is 2.79. The predicted octanol–water partition coefficient (Wildman–Crippen LogP) is 0.473. The van der Waals surface area contributed by atoms with Crippen LogP contribution < -0.4 is 0 Å². The van der Waals surface area contributed by atoms with Gasteiger partial charge in [-0.2, -0.15) is 0 Å². The monoisotopic (exact) mass is 193 g/mol. The number of fused-ring (bicyclic) bond motifs is 6. The Hall–Kier alpha value is 0.0700. The molecule has 0 aromatic carbocycles. The van der Waals surface area contributed by atoms with E-state index in [0.29, 0.717) is 19.8 Å². The second-order valence-corrected chi connectivity index (χ2v) is 4.46. The highest BCUT2D eigenvalue weighted by Crippen LogP contribution is 2.50. The van der Waals surface area contributed by atoms with E-state index in [1.54, 1.807) is 0 Å². The van der Waals surface area contributed by atoms with Crippen molar-refractivity contribution in [2.75, 3.05) is 39.5 Å². The van der Waals surface area contributed by atoms with Gasteiger partial charge in [-0.15, -0.1) is 0 Å². The van der Waals surface area contributed by atoms with Gasteiger partial charge < -0.3 is 0 Å². The van der Waals surface area contributed by atoms with Gasteiger partial charge in [0, 0.05) is 19.6 Å². The Morgan fingerprint density at radius 2 is 1.33 bits per heavy atom. The maximum absolute atomic E-state index is 11.5. The zero-order chi connectivity index (χ0) is 8.44. The van der Waals surface area contributed by atoms with Crippen LogP contribution in [0.3, 0.4) is 0 Å². The summed E-state index contributed by atoms with van der Waals surface area (Å²) in [5, 5.41) is 0. The van der Waals surface area contributed by atoms with Crippen molar-refractivity contribution >= 4 is 7.82 Å². The standard InChI is InChI=1S/C6H12NO4P/c8-12-9-4-1-7(2-5-10-12)3-6-11-12/h1-6H2. The number of hydrogen-bond donors (Lipinski definition) is 0. The van der Waals surface area contributed by atoms with E-state index >= 15 is 0 Å². The molecule has 3 aliphatic rings.